The van der Waals surface area contributed by atoms with E-state index in [1.807, 2.05) is 19.9 Å². The quantitative estimate of drug-likeness (QED) is 0.805. The fourth-order valence-corrected chi connectivity index (χ4v) is 5.02. The molecule has 126 valence electrons. The Morgan fingerprint density at radius 1 is 1.35 bits per heavy atom. The van der Waals surface area contributed by atoms with Crippen molar-refractivity contribution in [1.82, 2.24) is 19.2 Å². The van der Waals surface area contributed by atoms with E-state index in [2.05, 4.69) is 10.3 Å². The minimum absolute atomic E-state index is 0.143. The lowest BCUT2D eigenvalue weighted by Gasteiger charge is -2.20. The van der Waals surface area contributed by atoms with Crippen LogP contribution in [-0.4, -0.2) is 40.2 Å². The maximum Gasteiger partial charge on any atom is 0.246 e. The molecular weight excluding hydrogens is 316 g/mol. The van der Waals surface area contributed by atoms with Crippen LogP contribution in [0.4, 0.5) is 0 Å². The molecule has 2 aromatic rings. The molecule has 0 bridgehead atoms. The minimum atomic E-state index is -3.51. The number of aryl methyl sites for hydroxylation is 2. The lowest BCUT2D eigenvalue weighted by molar-refractivity contribution is 0.366. The third-order valence-corrected chi connectivity index (χ3v) is 6.41. The molecule has 0 N–H and O–H groups in total. The summed E-state index contributed by atoms with van der Waals surface area (Å²) in [6.45, 7) is 8.11. The van der Waals surface area contributed by atoms with Gasteiger partial charge in [-0.3, -0.25) is 4.68 Å². The first-order chi connectivity index (χ1) is 10.8. The van der Waals surface area contributed by atoms with Gasteiger partial charge in [0.15, 0.2) is 5.76 Å². The monoisotopic (exact) mass is 338 g/mol. The molecule has 0 radical (unpaired) electrons. The van der Waals surface area contributed by atoms with Crippen molar-refractivity contribution in [3.8, 4) is 0 Å². The van der Waals surface area contributed by atoms with E-state index in [-0.39, 0.29) is 6.04 Å². The third kappa shape index (κ3) is 2.92. The predicted octanol–water partition coefficient (Wildman–Crippen LogP) is 2.02. The fourth-order valence-electron chi connectivity index (χ4n) is 2.95. The first kappa shape index (κ1) is 16.2. The second-order valence-corrected chi connectivity index (χ2v) is 7.86. The van der Waals surface area contributed by atoms with Crippen LogP contribution in [0.3, 0.4) is 0 Å². The van der Waals surface area contributed by atoms with E-state index in [4.69, 9.17) is 4.52 Å². The van der Waals surface area contributed by atoms with Crippen LogP contribution in [0, 0.1) is 20.8 Å². The van der Waals surface area contributed by atoms with Gasteiger partial charge in [0.25, 0.3) is 0 Å². The highest BCUT2D eigenvalue weighted by atomic mass is 32.2. The van der Waals surface area contributed by atoms with E-state index in [1.54, 1.807) is 22.8 Å². The van der Waals surface area contributed by atoms with Crippen molar-refractivity contribution in [1.29, 1.82) is 0 Å². The Balaban J connectivity index is 1.97. The van der Waals surface area contributed by atoms with Gasteiger partial charge in [0.05, 0.1) is 17.1 Å². The van der Waals surface area contributed by atoms with E-state index >= 15 is 0 Å². The van der Waals surface area contributed by atoms with E-state index in [0.29, 0.717) is 35.1 Å². The third-order valence-electron chi connectivity index (χ3n) is 4.13. The largest absolute Gasteiger partial charge is 0.359 e. The summed E-state index contributed by atoms with van der Waals surface area (Å²) >= 11 is 0. The molecule has 0 amide bonds. The van der Waals surface area contributed by atoms with E-state index in [1.165, 1.54) is 0 Å². The molecule has 23 heavy (non-hydrogen) atoms. The van der Waals surface area contributed by atoms with Crippen LogP contribution in [0.5, 0.6) is 0 Å². The molecule has 2 heterocycles. The topological polar surface area (TPSA) is 81.2 Å². The number of sulfonamides is 1. The van der Waals surface area contributed by atoms with Crippen LogP contribution in [0.2, 0.25) is 0 Å². The molecule has 2 aromatic heterocycles. The second-order valence-electron chi connectivity index (χ2n) is 6.03. The SMILES string of the molecule is CCN(C1CC1)S(=O)(=O)c1c(C)nn(Cc2cc(C)no2)c1C. The summed E-state index contributed by atoms with van der Waals surface area (Å²) < 4.78 is 34.5. The maximum absolute atomic E-state index is 13.0. The number of rotatable bonds is 6. The average molecular weight is 338 g/mol. The van der Waals surface area contributed by atoms with Crippen molar-refractivity contribution in [3.63, 3.8) is 0 Å². The smallest absolute Gasteiger partial charge is 0.246 e. The molecule has 7 nitrogen and oxygen atoms in total. The summed E-state index contributed by atoms with van der Waals surface area (Å²) in [5.74, 6) is 0.659. The standard InChI is InChI=1S/C15H22N4O3S/c1-5-19(13-6-7-13)23(20,21)15-11(3)16-18(12(15)4)9-14-8-10(2)17-22-14/h8,13H,5-7,9H2,1-4H3. The van der Waals surface area contributed by atoms with Gasteiger partial charge in [0.1, 0.15) is 11.4 Å². The summed E-state index contributed by atoms with van der Waals surface area (Å²) in [4.78, 5) is 0.322. The second kappa shape index (κ2) is 5.76. The highest BCUT2D eigenvalue weighted by Gasteiger charge is 2.39. The molecule has 0 saturated heterocycles. The molecule has 1 aliphatic rings. The van der Waals surface area contributed by atoms with Gasteiger partial charge in [0, 0.05) is 18.7 Å². The number of hydrogen-bond acceptors (Lipinski definition) is 5. The van der Waals surface area contributed by atoms with Crippen LogP contribution < -0.4 is 0 Å². The Morgan fingerprint density at radius 2 is 2.04 bits per heavy atom. The summed E-state index contributed by atoms with van der Waals surface area (Å²) in [5.41, 5.74) is 1.95. The van der Waals surface area contributed by atoms with Crippen molar-refractivity contribution in [3.05, 3.63) is 28.9 Å². The van der Waals surface area contributed by atoms with Crippen molar-refractivity contribution in [2.24, 2.45) is 0 Å². The van der Waals surface area contributed by atoms with Crippen LogP contribution in [0.25, 0.3) is 0 Å². The van der Waals surface area contributed by atoms with Gasteiger partial charge in [-0.25, -0.2) is 8.42 Å². The summed E-state index contributed by atoms with van der Waals surface area (Å²) in [5, 5.41) is 8.25. The van der Waals surface area contributed by atoms with Crippen LogP contribution in [0.15, 0.2) is 15.5 Å². The zero-order valence-electron chi connectivity index (χ0n) is 13.9. The zero-order valence-corrected chi connectivity index (χ0v) is 14.7. The number of hydrogen-bond donors (Lipinski definition) is 0. The Kier molecular flexibility index (Phi) is 4.05. The summed E-state index contributed by atoms with van der Waals surface area (Å²) in [6, 6.07) is 1.97. The normalized spacial score (nSPS) is 15.5. The molecule has 0 aromatic carbocycles. The van der Waals surface area contributed by atoms with Crippen molar-refractivity contribution >= 4 is 10.0 Å². The van der Waals surface area contributed by atoms with E-state index in [9.17, 15) is 8.42 Å². The highest BCUT2D eigenvalue weighted by molar-refractivity contribution is 7.89. The molecule has 0 aliphatic heterocycles. The van der Waals surface area contributed by atoms with Gasteiger partial charge in [-0.1, -0.05) is 12.1 Å². The van der Waals surface area contributed by atoms with Gasteiger partial charge in [-0.05, 0) is 33.6 Å². The van der Waals surface area contributed by atoms with E-state index in [0.717, 1.165) is 18.5 Å². The van der Waals surface area contributed by atoms with Crippen molar-refractivity contribution < 1.29 is 12.9 Å². The Morgan fingerprint density at radius 3 is 2.57 bits per heavy atom. The fraction of sp³-hybridized carbons (Fsp3) is 0.600. The van der Waals surface area contributed by atoms with Gasteiger partial charge < -0.3 is 4.52 Å². The molecule has 3 rings (SSSR count). The molecule has 0 spiro atoms. The first-order valence-corrected chi connectivity index (χ1v) is 9.26. The lowest BCUT2D eigenvalue weighted by Crippen LogP contribution is -2.33. The molecular formula is C15H22N4O3S. The van der Waals surface area contributed by atoms with Gasteiger partial charge >= 0.3 is 0 Å². The zero-order chi connectivity index (χ0) is 16.8. The molecule has 8 heteroatoms. The van der Waals surface area contributed by atoms with Crippen molar-refractivity contribution in [2.75, 3.05) is 6.54 Å². The minimum Gasteiger partial charge on any atom is -0.359 e. The van der Waals surface area contributed by atoms with E-state index < -0.39 is 10.0 Å². The molecule has 1 aliphatic carbocycles. The predicted molar refractivity (Wildman–Crippen MR) is 84.6 cm³/mol. The summed E-state index contributed by atoms with van der Waals surface area (Å²) in [6.07, 6.45) is 1.88. The Hall–Kier alpha value is -1.67. The molecule has 0 atom stereocenters. The van der Waals surface area contributed by atoms with Crippen LogP contribution >= 0.6 is 0 Å². The molecule has 1 fully saturated rings. The number of nitrogens with zero attached hydrogens (tertiary/aromatic N) is 4. The molecule has 0 unspecified atom stereocenters. The van der Waals surface area contributed by atoms with Gasteiger partial charge in [-0.15, -0.1) is 0 Å². The van der Waals surface area contributed by atoms with Crippen molar-refractivity contribution in [2.45, 2.75) is 58.0 Å². The lowest BCUT2D eigenvalue weighted by atomic mass is 10.3. The van der Waals surface area contributed by atoms with Crippen LogP contribution in [-0.2, 0) is 16.6 Å². The number of aromatic nitrogens is 3. The highest BCUT2D eigenvalue weighted by Crippen LogP contribution is 2.33. The molecule has 1 saturated carbocycles. The summed E-state index contributed by atoms with van der Waals surface area (Å²) in [7, 11) is -3.51. The maximum atomic E-state index is 13.0. The average Bonchev–Trinajstić information content (AvgIpc) is 3.13. The van der Waals surface area contributed by atoms with Crippen LogP contribution in [0.1, 0.15) is 42.6 Å². The van der Waals surface area contributed by atoms with Gasteiger partial charge in [0.2, 0.25) is 10.0 Å². The Bertz CT molecular complexity index is 818. The first-order valence-electron chi connectivity index (χ1n) is 7.82. The Labute approximate surface area is 136 Å². The van der Waals surface area contributed by atoms with Gasteiger partial charge in [-0.2, -0.15) is 9.40 Å².